The Hall–Kier alpha value is -2.21. The molecule has 0 aliphatic carbocycles. The van der Waals surface area contributed by atoms with E-state index in [-0.39, 0.29) is 36.3 Å². The number of aliphatic hydroxyl groups excluding tert-OH is 1. The van der Waals surface area contributed by atoms with Gasteiger partial charge in [0.05, 0.1) is 25.5 Å². The van der Waals surface area contributed by atoms with Gasteiger partial charge in [-0.3, -0.25) is 0 Å². The highest BCUT2D eigenvalue weighted by atomic mass is 127. The SMILES string of the molecule is CCNC(=NCc1cccc(OC)n1)NCC(O)c1ccc(OC(F)F)cc1.I. The third kappa shape index (κ3) is 8.77. The van der Waals surface area contributed by atoms with E-state index in [4.69, 9.17) is 4.74 Å². The van der Waals surface area contributed by atoms with Crippen LogP contribution in [0, 0.1) is 0 Å². The quantitative estimate of drug-likeness (QED) is 0.267. The minimum Gasteiger partial charge on any atom is -0.481 e. The minimum atomic E-state index is -2.88. The third-order valence-corrected chi connectivity index (χ3v) is 3.69. The molecule has 0 radical (unpaired) electrons. The van der Waals surface area contributed by atoms with Gasteiger partial charge in [0.2, 0.25) is 5.88 Å². The molecule has 0 aliphatic heterocycles. The summed E-state index contributed by atoms with van der Waals surface area (Å²) in [4.78, 5) is 8.73. The van der Waals surface area contributed by atoms with Crippen LogP contribution in [0.15, 0.2) is 47.5 Å². The van der Waals surface area contributed by atoms with E-state index in [1.54, 1.807) is 13.2 Å². The maximum Gasteiger partial charge on any atom is 0.387 e. The van der Waals surface area contributed by atoms with Gasteiger partial charge >= 0.3 is 6.61 Å². The molecular formula is C19H25F2IN4O3. The van der Waals surface area contributed by atoms with Crippen molar-refractivity contribution in [2.75, 3.05) is 20.2 Å². The van der Waals surface area contributed by atoms with E-state index in [1.165, 1.54) is 24.3 Å². The molecule has 0 saturated heterocycles. The van der Waals surface area contributed by atoms with Gasteiger partial charge in [-0.1, -0.05) is 18.2 Å². The molecule has 0 spiro atoms. The topological polar surface area (TPSA) is 88.0 Å². The summed E-state index contributed by atoms with van der Waals surface area (Å²) >= 11 is 0. The fourth-order valence-electron chi connectivity index (χ4n) is 2.34. The smallest absolute Gasteiger partial charge is 0.387 e. The Kier molecular flexibility index (Phi) is 11.2. The molecule has 1 aromatic heterocycles. The van der Waals surface area contributed by atoms with Gasteiger partial charge in [0, 0.05) is 19.2 Å². The van der Waals surface area contributed by atoms with Crippen molar-refractivity contribution in [2.45, 2.75) is 26.2 Å². The molecule has 0 bridgehead atoms. The van der Waals surface area contributed by atoms with Crippen LogP contribution in [0.3, 0.4) is 0 Å². The first-order chi connectivity index (χ1) is 13.5. The normalized spacial score (nSPS) is 12.1. The summed E-state index contributed by atoms with van der Waals surface area (Å²) in [6, 6.07) is 11.3. The van der Waals surface area contributed by atoms with Crippen LogP contribution in [0.5, 0.6) is 11.6 Å². The molecule has 2 aromatic rings. The fraction of sp³-hybridized carbons (Fsp3) is 0.368. The van der Waals surface area contributed by atoms with E-state index >= 15 is 0 Å². The van der Waals surface area contributed by atoms with Crippen molar-refractivity contribution < 1.29 is 23.4 Å². The number of halogens is 3. The van der Waals surface area contributed by atoms with Crippen LogP contribution >= 0.6 is 24.0 Å². The summed E-state index contributed by atoms with van der Waals surface area (Å²) in [5, 5.41) is 16.4. The molecule has 1 aromatic carbocycles. The number of aromatic nitrogens is 1. The van der Waals surface area contributed by atoms with E-state index in [9.17, 15) is 13.9 Å². The largest absolute Gasteiger partial charge is 0.481 e. The van der Waals surface area contributed by atoms with Gasteiger partial charge in [-0.25, -0.2) is 9.98 Å². The molecular weight excluding hydrogens is 497 g/mol. The molecule has 0 fully saturated rings. The van der Waals surface area contributed by atoms with Gasteiger partial charge < -0.3 is 25.2 Å². The number of guanidine groups is 1. The average molecular weight is 522 g/mol. The number of nitrogens with zero attached hydrogens (tertiary/aromatic N) is 2. The number of benzene rings is 1. The van der Waals surface area contributed by atoms with Gasteiger partial charge in [0.1, 0.15) is 5.75 Å². The van der Waals surface area contributed by atoms with E-state index in [1.807, 2.05) is 19.1 Å². The van der Waals surface area contributed by atoms with Gasteiger partial charge in [-0.15, -0.1) is 24.0 Å². The molecule has 7 nitrogen and oxygen atoms in total. The lowest BCUT2D eigenvalue weighted by Crippen LogP contribution is -2.39. The number of hydrogen-bond acceptors (Lipinski definition) is 5. The molecule has 3 N–H and O–H groups in total. The number of aliphatic imine (C=N–C) groups is 1. The molecule has 2 rings (SSSR count). The first-order valence-electron chi connectivity index (χ1n) is 8.76. The Bertz CT molecular complexity index is 763. The number of nitrogens with one attached hydrogen (secondary N) is 2. The average Bonchev–Trinajstić information content (AvgIpc) is 2.70. The van der Waals surface area contributed by atoms with Crippen molar-refractivity contribution in [3.05, 3.63) is 53.7 Å². The van der Waals surface area contributed by atoms with E-state index in [2.05, 4.69) is 25.3 Å². The predicted molar refractivity (Wildman–Crippen MR) is 117 cm³/mol. The van der Waals surface area contributed by atoms with Crippen molar-refractivity contribution in [1.29, 1.82) is 0 Å². The molecule has 1 unspecified atom stereocenters. The standard InChI is InChI=1S/C19H24F2N4O3.HI/c1-3-22-19(23-11-14-5-4-6-17(25-14)27-2)24-12-16(26)13-7-9-15(10-8-13)28-18(20)21;/h4-10,16,18,26H,3,11-12H2,1-2H3,(H2,22,23,24);1H. The highest BCUT2D eigenvalue weighted by Gasteiger charge is 2.10. The second-order valence-corrected chi connectivity index (χ2v) is 5.71. The summed E-state index contributed by atoms with van der Waals surface area (Å²) in [6.45, 7) is 0.219. The number of aliphatic hydroxyl groups is 1. The number of pyridine rings is 1. The first-order valence-corrected chi connectivity index (χ1v) is 8.76. The zero-order valence-electron chi connectivity index (χ0n) is 16.1. The Morgan fingerprint density at radius 2 is 1.90 bits per heavy atom. The van der Waals surface area contributed by atoms with Gasteiger partial charge in [0.15, 0.2) is 5.96 Å². The lowest BCUT2D eigenvalue weighted by Gasteiger charge is -2.16. The Labute approximate surface area is 185 Å². The summed E-state index contributed by atoms with van der Waals surface area (Å²) < 4.78 is 33.8. The molecule has 10 heteroatoms. The number of rotatable bonds is 9. The summed E-state index contributed by atoms with van der Waals surface area (Å²) in [7, 11) is 1.55. The van der Waals surface area contributed by atoms with Crippen LogP contribution in [0.4, 0.5) is 8.78 Å². The molecule has 0 aliphatic rings. The van der Waals surface area contributed by atoms with Crippen LogP contribution in [-0.2, 0) is 6.54 Å². The second-order valence-electron chi connectivity index (χ2n) is 5.71. The predicted octanol–water partition coefficient (Wildman–Crippen LogP) is 3.10. The fourth-order valence-corrected chi connectivity index (χ4v) is 2.34. The van der Waals surface area contributed by atoms with E-state index in [0.717, 1.165) is 5.69 Å². The Morgan fingerprint density at radius 3 is 2.52 bits per heavy atom. The van der Waals surface area contributed by atoms with Crippen molar-refractivity contribution in [1.82, 2.24) is 15.6 Å². The van der Waals surface area contributed by atoms with Gasteiger partial charge in [-0.2, -0.15) is 8.78 Å². The molecule has 0 saturated carbocycles. The highest BCUT2D eigenvalue weighted by molar-refractivity contribution is 14.0. The zero-order chi connectivity index (χ0) is 20.4. The number of ether oxygens (including phenoxy) is 2. The Morgan fingerprint density at radius 1 is 1.17 bits per heavy atom. The van der Waals surface area contributed by atoms with Crippen molar-refractivity contribution in [2.24, 2.45) is 4.99 Å². The minimum absolute atomic E-state index is 0. The van der Waals surface area contributed by atoms with Crippen LogP contribution in [0.25, 0.3) is 0 Å². The van der Waals surface area contributed by atoms with Gasteiger partial charge in [-0.05, 0) is 30.7 Å². The van der Waals surface area contributed by atoms with Crippen molar-refractivity contribution >= 4 is 29.9 Å². The highest BCUT2D eigenvalue weighted by Crippen LogP contribution is 2.19. The lowest BCUT2D eigenvalue weighted by molar-refractivity contribution is -0.0498. The van der Waals surface area contributed by atoms with E-state index < -0.39 is 12.7 Å². The summed E-state index contributed by atoms with van der Waals surface area (Å²) in [6.07, 6.45) is -0.848. The van der Waals surface area contributed by atoms with E-state index in [0.29, 0.717) is 30.5 Å². The maximum atomic E-state index is 12.2. The molecule has 29 heavy (non-hydrogen) atoms. The Balaban J connectivity index is 0.00000420. The van der Waals surface area contributed by atoms with Crippen molar-refractivity contribution in [3.8, 4) is 11.6 Å². The summed E-state index contributed by atoms with van der Waals surface area (Å²) in [5.41, 5.74) is 1.31. The number of methoxy groups -OCH3 is 1. The number of alkyl halides is 2. The van der Waals surface area contributed by atoms with Crippen molar-refractivity contribution in [3.63, 3.8) is 0 Å². The molecule has 0 amide bonds. The van der Waals surface area contributed by atoms with Crippen LogP contribution in [0.1, 0.15) is 24.3 Å². The zero-order valence-corrected chi connectivity index (χ0v) is 18.5. The summed E-state index contributed by atoms with van der Waals surface area (Å²) in [5.74, 6) is 1.07. The lowest BCUT2D eigenvalue weighted by atomic mass is 10.1. The van der Waals surface area contributed by atoms with Gasteiger partial charge in [0.25, 0.3) is 0 Å². The third-order valence-electron chi connectivity index (χ3n) is 3.69. The first kappa shape index (κ1) is 24.8. The van der Waals surface area contributed by atoms with Crippen LogP contribution < -0.4 is 20.1 Å². The monoisotopic (exact) mass is 522 g/mol. The van der Waals surface area contributed by atoms with Crippen LogP contribution in [0.2, 0.25) is 0 Å². The second kappa shape index (κ2) is 13.1. The maximum absolute atomic E-state index is 12.2. The molecule has 1 atom stereocenters. The van der Waals surface area contributed by atoms with Crippen LogP contribution in [-0.4, -0.2) is 42.9 Å². The molecule has 160 valence electrons. The number of hydrogen-bond donors (Lipinski definition) is 3. The molecule has 1 heterocycles.